The molecule has 0 aliphatic carbocycles. The van der Waals surface area contributed by atoms with Gasteiger partial charge in [-0.3, -0.25) is 0 Å². The van der Waals surface area contributed by atoms with Crippen molar-refractivity contribution in [3.8, 4) is 0 Å². The number of nitrogens with one attached hydrogen (secondary N) is 1. The first-order valence-electron chi connectivity index (χ1n) is 12.9. The highest BCUT2D eigenvalue weighted by molar-refractivity contribution is 6.05. The van der Waals surface area contributed by atoms with Crippen molar-refractivity contribution in [2.75, 3.05) is 14.1 Å². The van der Waals surface area contributed by atoms with Crippen LogP contribution in [0, 0.1) is 0 Å². The average molecular weight is 460 g/mol. The summed E-state index contributed by atoms with van der Waals surface area (Å²) in [5.74, 6) is 4.19. The summed E-state index contributed by atoms with van der Waals surface area (Å²) < 4.78 is 4.74. The van der Waals surface area contributed by atoms with Gasteiger partial charge in [-0.2, -0.15) is 0 Å². The molecule has 0 unspecified atom stereocenters. The van der Waals surface area contributed by atoms with E-state index in [0.29, 0.717) is 23.7 Å². The Bertz CT molecular complexity index is 1070. The van der Waals surface area contributed by atoms with Crippen LogP contribution in [-0.2, 0) is 0 Å². The maximum atomic E-state index is 3.81. The highest BCUT2D eigenvalue weighted by atomic mass is 15.2. The second-order valence-corrected chi connectivity index (χ2v) is 10.9. The van der Waals surface area contributed by atoms with Gasteiger partial charge >= 0.3 is 0 Å². The predicted octanol–water partition coefficient (Wildman–Crippen LogP) is 7.77. The second-order valence-electron chi connectivity index (χ2n) is 10.9. The third kappa shape index (κ3) is 5.19. The van der Waals surface area contributed by atoms with Crippen molar-refractivity contribution >= 4 is 23.0 Å². The molecule has 0 radical (unpaired) electrons. The summed E-state index contributed by atoms with van der Waals surface area (Å²) in [6, 6.07) is 13.5. The lowest BCUT2D eigenvalue weighted by Gasteiger charge is -2.22. The van der Waals surface area contributed by atoms with E-state index in [1.54, 1.807) is 0 Å². The topological polar surface area (TPSA) is 18.0 Å². The fraction of sp³-hybridized carbons (Fsp3) is 0.484. The molecule has 1 N–H and O–H groups in total. The van der Waals surface area contributed by atoms with Gasteiger partial charge in [0.05, 0.1) is 20.5 Å². The molecule has 1 heterocycles. The van der Waals surface area contributed by atoms with Crippen LogP contribution in [0.3, 0.4) is 0 Å². The van der Waals surface area contributed by atoms with Crippen LogP contribution >= 0.6 is 0 Å². The molecule has 0 bridgehead atoms. The summed E-state index contributed by atoms with van der Waals surface area (Å²) in [5.41, 5.74) is 8.26. The normalized spacial score (nSPS) is 17.1. The first-order chi connectivity index (χ1) is 16.0. The summed E-state index contributed by atoms with van der Waals surface area (Å²) in [4.78, 5) is 0. The molecular formula is C31H45N3+2. The molecule has 3 nitrogen and oxygen atoms in total. The van der Waals surface area contributed by atoms with Gasteiger partial charge in [-0.15, -0.1) is 0 Å². The lowest BCUT2D eigenvalue weighted by atomic mass is 9.92. The molecule has 182 valence electrons. The zero-order valence-corrected chi connectivity index (χ0v) is 23.0. The SMILES string of the molecule is CC(C)c1cccc(C(C)C)c1[N+](C)=C1C=CCC(=[N+](C)c2c(C(C)C)cccc2C(C)C)N1. The second kappa shape index (κ2) is 10.7. The highest BCUT2D eigenvalue weighted by Gasteiger charge is 2.27. The van der Waals surface area contributed by atoms with Gasteiger partial charge in [-0.05, 0) is 23.7 Å². The molecule has 34 heavy (non-hydrogen) atoms. The molecule has 0 saturated carbocycles. The van der Waals surface area contributed by atoms with Gasteiger partial charge in [0.15, 0.2) is 0 Å². The van der Waals surface area contributed by atoms with E-state index in [-0.39, 0.29) is 0 Å². The van der Waals surface area contributed by atoms with Crippen LogP contribution in [-0.4, -0.2) is 34.9 Å². The minimum absolute atomic E-state index is 0.460. The Morgan fingerprint density at radius 2 is 1.00 bits per heavy atom. The van der Waals surface area contributed by atoms with Crippen molar-refractivity contribution in [1.29, 1.82) is 0 Å². The van der Waals surface area contributed by atoms with E-state index < -0.39 is 0 Å². The van der Waals surface area contributed by atoms with Crippen LogP contribution < -0.4 is 5.32 Å². The van der Waals surface area contributed by atoms with E-state index in [0.717, 1.165) is 12.3 Å². The third-order valence-electron chi connectivity index (χ3n) is 6.98. The maximum absolute atomic E-state index is 3.81. The van der Waals surface area contributed by atoms with Crippen LogP contribution in [0.25, 0.3) is 0 Å². The quantitative estimate of drug-likeness (QED) is 0.437. The zero-order valence-electron chi connectivity index (χ0n) is 23.0. The van der Waals surface area contributed by atoms with Gasteiger partial charge < -0.3 is 0 Å². The number of hydrogen-bond donors (Lipinski definition) is 1. The highest BCUT2D eigenvalue weighted by Crippen LogP contribution is 2.35. The van der Waals surface area contributed by atoms with Crippen molar-refractivity contribution in [3.05, 3.63) is 70.8 Å². The van der Waals surface area contributed by atoms with E-state index >= 15 is 0 Å². The van der Waals surface area contributed by atoms with Gasteiger partial charge in [0, 0.05) is 28.3 Å². The molecule has 2 aromatic carbocycles. The van der Waals surface area contributed by atoms with Crippen molar-refractivity contribution in [1.82, 2.24) is 5.32 Å². The molecule has 3 rings (SSSR count). The smallest absolute Gasteiger partial charge is 0.233 e. The molecule has 0 atom stereocenters. The number of amidine groups is 2. The van der Waals surface area contributed by atoms with E-state index in [2.05, 4.69) is 133 Å². The van der Waals surface area contributed by atoms with Crippen LogP contribution in [0.15, 0.2) is 48.6 Å². The zero-order chi connectivity index (χ0) is 25.2. The van der Waals surface area contributed by atoms with Crippen LogP contribution in [0.2, 0.25) is 0 Å². The molecule has 0 saturated heterocycles. The molecule has 0 aromatic heterocycles. The Balaban J connectivity index is 2.19. The average Bonchev–Trinajstić information content (AvgIpc) is 2.81. The molecule has 2 aromatic rings. The third-order valence-corrected chi connectivity index (χ3v) is 6.98. The number of rotatable bonds is 6. The molecule has 0 spiro atoms. The monoisotopic (exact) mass is 459 g/mol. The molecule has 0 fully saturated rings. The Morgan fingerprint density at radius 1 is 0.618 bits per heavy atom. The fourth-order valence-electron chi connectivity index (χ4n) is 4.99. The number of hydrogen-bond acceptors (Lipinski definition) is 0. The summed E-state index contributed by atoms with van der Waals surface area (Å²) in [6.45, 7) is 18.3. The fourth-order valence-corrected chi connectivity index (χ4v) is 4.99. The molecule has 3 heteroatoms. The Morgan fingerprint density at radius 3 is 1.38 bits per heavy atom. The summed E-state index contributed by atoms with van der Waals surface area (Å²) in [5, 5.41) is 3.81. The van der Waals surface area contributed by atoms with Gasteiger partial charge in [-0.25, -0.2) is 14.5 Å². The maximum Gasteiger partial charge on any atom is 0.282 e. The molecule has 1 aliphatic heterocycles. The van der Waals surface area contributed by atoms with Crippen molar-refractivity contribution in [2.45, 2.75) is 85.5 Å². The van der Waals surface area contributed by atoms with Gasteiger partial charge in [0.1, 0.15) is 11.4 Å². The number of nitrogens with zero attached hydrogens (tertiary/aromatic N) is 2. The summed E-state index contributed by atoms with van der Waals surface area (Å²) in [7, 11) is 4.41. The first-order valence-corrected chi connectivity index (χ1v) is 12.9. The Hall–Kier alpha value is -2.68. The largest absolute Gasteiger partial charge is 0.282 e. The molecular weight excluding hydrogens is 414 g/mol. The Kier molecular flexibility index (Phi) is 8.17. The molecule has 1 aliphatic rings. The van der Waals surface area contributed by atoms with Crippen LogP contribution in [0.5, 0.6) is 0 Å². The van der Waals surface area contributed by atoms with Crippen molar-refractivity contribution in [2.24, 2.45) is 0 Å². The van der Waals surface area contributed by atoms with E-state index in [9.17, 15) is 0 Å². The Labute approximate surface area is 207 Å². The van der Waals surface area contributed by atoms with Gasteiger partial charge in [-0.1, -0.05) is 97.9 Å². The summed E-state index contributed by atoms with van der Waals surface area (Å²) >= 11 is 0. The lowest BCUT2D eigenvalue weighted by molar-refractivity contribution is -0.416. The van der Waals surface area contributed by atoms with Gasteiger partial charge in [0.25, 0.3) is 11.7 Å². The van der Waals surface area contributed by atoms with Crippen molar-refractivity contribution < 1.29 is 9.15 Å². The lowest BCUT2D eigenvalue weighted by Crippen LogP contribution is -2.40. The van der Waals surface area contributed by atoms with Crippen LogP contribution in [0.4, 0.5) is 11.4 Å². The number of para-hydroxylation sites is 2. The summed E-state index contributed by atoms with van der Waals surface area (Å²) in [6.07, 6.45) is 5.41. The minimum Gasteiger partial charge on any atom is -0.233 e. The first kappa shape index (κ1) is 25.9. The van der Waals surface area contributed by atoms with Crippen molar-refractivity contribution in [3.63, 3.8) is 0 Å². The standard InChI is InChI=1S/C31H44N3/c1-20(2)24-14-11-15-25(21(3)4)30(24)33(9)28-18-13-19-29(32-28)34(10)31-26(22(5)6)16-12-17-27(31)23(7)8/h11-18,20-23H,19H2,1-10H3/q+1/p+1. The molecule has 0 amide bonds. The predicted molar refractivity (Wildman–Crippen MR) is 148 cm³/mol. The minimum atomic E-state index is 0.460. The number of benzene rings is 2. The van der Waals surface area contributed by atoms with E-state index in [4.69, 9.17) is 0 Å². The van der Waals surface area contributed by atoms with E-state index in [1.807, 2.05) is 0 Å². The van der Waals surface area contributed by atoms with Gasteiger partial charge in [0.2, 0.25) is 0 Å². The van der Waals surface area contributed by atoms with Crippen LogP contribution in [0.1, 0.15) is 108 Å². The van der Waals surface area contributed by atoms with E-state index in [1.165, 1.54) is 39.5 Å².